The Morgan fingerprint density at radius 1 is 1.76 bits per heavy atom. The van der Waals surface area contributed by atoms with E-state index in [-0.39, 0.29) is 23.3 Å². The van der Waals surface area contributed by atoms with E-state index in [1.807, 2.05) is 0 Å². The highest BCUT2D eigenvalue weighted by molar-refractivity contribution is 8.23. The van der Waals surface area contributed by atoms with Crippen LogP contribution in [0.4, 0.5) is 0 Å². The SMILES string of the molecule is O=C(CSc1ncn[nH]1)NN1C(=O)CSC1=S. The van der Waals surface area contributed by atoms with Crippen molar-refractivity contribution >= 4 is 51.9 Å². The van der Waals surface area contributed by atoms with Crippen molar-refractivity contribution in [1.82, 2.24) is 25.6 Å². The molecule has 1 aromatic rings. The predicted molar refractivity (Wildman–Crippen MR) is 67.2 cm³/mol. The third kappa shape index (κ3) is 3.17. The van der Waals surface area contributed by atoms with Crippen LogP contribution in [-0.2, 0) is 9.59 Å². The normalized spacial score (nSPS) is 15.4. The van der Waals surface area contributed by atoms with Crippen molar-refractivity contribution in [2.45, 2.75) is 5.16 Å². The number of aromatic amines is 1. The molecular formula is C7H7N5O2S3. The highest BCUT2D eigenvalue weighted by Gasteiger charge is 2.28. The summed E-state index contributed by atoms with van der Waals surface area (Å²) in [6.07, 6.45) is 1.36. The first kappa shape index (κ1) is 12.3. The van der Waals surface area contributed by atoms with Crippen LogP contribution in [-0.4, -0.2) is 47.8 Å². The first-order valence-corrected chi connectivity index (χ1v) is 6.82. The minimum absolute atomic E-state index is 0.131. The molecule has 1 aliphatic heterocycles. The highest BCUT2D eigenvalue weighted by atomic mass is 32.2. The van der Waals surface area contributed by atoms with Gasteiger partial charge in [0, 0.05) is 0 Å². The maximum atomic E-state index is 11.5. The molecule has 17 heavy (non-hydrogen) atoms. The molecule has 1 aromatic heterocycles. The van der Waals surface area contributed by atoms with Crippen LogP contribution in [0.1, 0.15) is 0 Å². The number of thiocarbonyl (C=S) groups is 1. The second kappa shape index (κ2) is 5.47. The van der Waals surface area contributed by atoms with Crippen molar-refractivity contribution in [3.05, 3.63) is 6.33 Å². The van der Waals surface area contributed by atoms with E-state index in [9.17, 15) is 9.59 Å². The summed E-state index contributed by atoms with van der Waals surface area (Å²) in [5, 5.41) is 7.91. The Labute approximate surface area is 110 Å². The lowest BCUT2D eigenvalue weighted by atomic mass is 10.6. The average molecular weight is 289 g/mol. The van der Waals surface area contributed by atoms with Crippen LogP contribution in [0.5, 0.6) is 0 Å². The number of aromatic nitrogens is 3. The topological polar surface area (TPSA) is 91.0 Å². The van der Waals surface area contributed by atoms with Crippen molar-refractivity contribution in [1.29, 1.82) is 0 Å². The number of rotatable bonds is 4. The smallest absolute Gasteiger partial charge is 0.257 e. The van der Waals surface area contributed by atoms with E-state index in [0.717, 1.165) is 5.01 Å². The van der Waals surface area contributed by atoms with Gasteiger partial charge in [0.1, 0.15) is 6.33 Å². The Kier molecular flexibility index (Phi) is 3.97. The maximum Gasteiger partial charge on any atom is 0.257 e. The molecule has 1 saturated heterocycles. The Bertz CT molecular complexity index is 432. The summed E-state index contributed by atoms with van der Waals surface area (Å²) >= 11 is 7.34. The summed E-state index contributed by atoms with van der Waals surface area (Å²) in [5.74, 6) is -0.122. The van der Waals surface area contributed by atoms with Gasteiger partial charge in [-0.3, -0.25) is 20.1 Å². The minimum Gasteiger partial charge on any atom is -0.272 e. The van der Waals surface area contributed by atoms with Crippen LogP contribution in [0.15, 0.2) is 11.5 Å². The molecule has 7 nitrogen and oxygen atoms in total. The van der Waals surface area contributed by atoms with Gasteiger partial charge in [-0.1, -0.05) is 35.7 Å². The Morgan fingerprint density at radius 2 is 2.59 bits per heavy atom. The molecule has 1 aliphatic rings. The van der Waals surface area contributed by atoms with Gasteiger partial charge in [0.25, 0.3) is 5.91 Å². The lowest BCUT2D eigenvalue weighted by Gasteiger charge is -2.15. The summed E-state index contributed by atoms with van der Waals surface area (Å²) in [7, 11) is 0. The van der Waals surface area contributed by atoms with E-state index >= 15 is 0 Å². The van der Waals surface area contributed by atoms with E-state index in [2.05, 4.69) is 20.6 Å². The van der Waals surface area contributed by atoms with Gasteiger partial charge in [0.15, 0.2) is 9.48 Å². The molecule has 2 N–H and O–H groups in total. The fourth-order valence-electron chi connectivity index (χ4n) is 1.02. The van der Waals surface area contributed by atoms with E-state index in [1.165, 1.54) is 29.9 Å². The molecule has 0 aromatic carbocycles. The second-order valence-electron chi connectivity index (χ2n) is 2.90. The van der Waals surface area contributed by atoms with Crippen LogP contribution in [0.3, 0.4) is 0 Å². The molecule has 0 aliphatic carbocycles. The van der Waals surface area contributed by atoms with Crippen LogP contribution in [0.2, 0.25) is 0 Å². The summed E-state index contributed by atoms with van der Waals surface area (Å²) in [5.41, 5.74) is 2.44. The van der Waals surface area contributed by atoms with E-state index < -0.39 is 0 Å². The van der Waals surface area contributed by atoms with Gasteiger partial charge in [-0.2, -0.15) is 5.10 Å². The Morgan fingerprint density at radius 3 is 3.18 bits per heavy atom. The van der Waals surface area contributed by atoms with Gasteiger partial charge in [-0.05, 0) is 0 Å². The molecule has 10 heteroatoms. The van der Waals surface area contributed by atoms with Gasteiger partial charge in [-0.25, -0.2) is 9.99 Å². The fraction of sp³-hybridized carbons (Fsp3) is 0.286. The van der Waals surface area contributed by atoms with Crippen molar-refractivity contribution < 1.29 is 9.59 Å². The van der Waals surface area contributed by atoms with Crippen LogP contribution < -0.4 is 5.43 Å². The fourth-order valence-corrected chi connectivity index (χ4v) is 2.57. The van der Waals surface area contributed by atoms with Crippen molar-refractivity contribution in [2.24, 2.45) is 0 Å². The van der Waals surface area contributed by atoms with Crippen LogP contribution in [0.25, 0.3) is 0 Å². The number of carbonyl (C=O) groups excluding carboxylic acids is 2. The molecule has 0 bridgehead atoms. The summed E-state index contributed by atoms with van der Waals surface area (Å²) in [4.78, 5) is 26.7. The third-order valence-corrected chi connectivity index (χ3v) is 3.95. The first-order chi connectivity index (χ1) is 8.16. The number of H-pyrrole nitrogens is 1. The molecule has 0 radical (unpaired) electrons. The number of nitrogens with zero attached hydrogens (tertiary/aromatic N) is 3. The Hall–Kier alpha value is -1.13. The van der Waals surface area contributed by atoms with Gasteiger partial charge in [0.05, 0.1) is 11.5 Å². The third-order valence-electron chi connectivity index (χ3n) is 1.72. The molecule has 0 saturated carbocycles. The zero-order valence-electron chi connectivity index (χ0n) is 8.37. The molecule has 2 rings (SSSR count). The summed E-state index contributed by atoms with van der Waals surface area (Å²) in [6.45, 7) is 0. The minimum atomic E-state index is -0.315. The van der Waals surface area contributed by atoms with E-state index in [1.54, 1.807) is 0 Å². The summed E-state index contributed by atoms with van der Waals surface area (Å²) < 4.78 is 0.369. The van der Waals surface area contributed by atoms with Crippen molar-refractivity contribution in [3.8, 4) is 0 Å². The number of thioether (sulfide) groups is 2. The van der Waals surface area contributed by atoms with Crippen molar-refractivity contribution in [3.63, 3.8) is 0 Å². The van der Waals surface area contributed by atoms with Crippen molar-refractivity contribution in [2.75, 3.05) is 11.5 Å². The molecule has 1 fully saturated rings. The predicted octanol–water partition coefficient (Wildman–Crippen LogP) is -0.212. The monoisotopic (exact) mass is 289 g/mol. The number of carbonyl (C=O) groups is 2. The largest absolute Gasteiger partial charge is 0.272 e. The zero-order chi connectivity index (χ0) is 12.3. The zero-order valence-corrected chi connectivity index (χ0v) is 10.8. The van der Waals surface area contributed by atoms with Crippen LogP contribution >= 0.6 is 35.7 Å². The highest BCUT2D eigenvalue weighted by Crippen LogP contribution is 2.17. The number of hydrazine groups is 1. The second-order valence-corrected chi connectivity index (χ2v) is 5.47. The molecule has 0 unspecified atom stereocenters. The molecule has 2 amide bonds. The van der Waals surface area contributed by atoms with Gasteiger partial charge in [0.2, 0.25) is 5.91 Å². The quantitative estimate of drug-likeness (QED) is 0.585. The number of amides is 2. The molecule has 2 heterocycles. The van der Waals surface area contributed by atoms with Gasteiger partial charge >= 0.3 is 0 Å². The van der Waals surface area contributed by atoms with Crippen LogP contribution in [0, 0.1) is 0 Å². The van der Waals surface area contributed by atoms with Gasteiger partial charge < -0.3 is 0 Å². The molecular weight excluding hydrogens is 282 g/mol. The number of nitrogens with one attached hydrogen (secondary N) is 2. The lowest BCUT2D eigenvalue weighted by molar-refractivity contribution is -0.132. The standard InChI is InChI=1S/C7H7N5O2S3/c13-4(1-16-6-8-3-9-10-6)11-12-5(14)2-17-7(12)15/h3H,1-2H2,(H,11,13)(H,8,9,10). The Balaban J connectivity index is 1.81. The molecule has 0 spiro atoms. The maximum absolute atomic E-state index is 11.5. The molecule has 90 valence electrons. The van der Waals surface area contributed by atoms with Gasteiger partial charge in [-0.15, -0.1) is 0 Å². The lowest BCUT2D eigenvalue weighted by Crippen LogP contribution is -2.45. The molecule has 0 atom stereocenters. The summed E-state index contributed by atoms with van der Waals surface area (Å²) in [6, 6.07) is 0. The first-order valence-electron chi connectivity index (χ1n) is 4.44. The van der Waals surface area contributed by atoms with E-state index in [4.69, 9.17) is 12.2 Å². The van der Waals surface area contributed by atoms with E-state index in [0.29, 0.717) is 9.48 Å². The average Bonchev–Trinajstić information content (AvgIpc) is 2.91. The number of hydrogen-bond donors (Lipinski definition) is 2. The number of hydrogen-bond acceptors (Lipinski definition) is 7.